The molecule has 2 fully saturated rings. The summed E-state index contributed by atoms with van der Waals surface area (Å²) in [4.78, 5) is 0. The third kappa shape index (κ3) is 3.89. The molecule has 0 heterocycles. The lowest BCUT2D eigenvalue weighted by Crippen LogP contribution is -2.46. The molecule has 0 bridgehead atoms. The highest BCUT2D eigenvalue weighted by molar-refractivity contribution is 5.34. The van der Waals surface area contributed by atoms with Gasteiger partial charge >= 0.3 is 0 Å². The zero-order valence-electron chi connectivity index (χ0n) is 16.8. The summed E-state index contributed by atoms with van der Waals surface area (Å²) in [5.74, 6) is 2.52. The van der Waals surface area contributed by atoms with Crippen LogP contribution in [0.4, 0.5) is 0 Å². The first-order valence-electron chi connectivity index (χ1n) is 10.1. The van der Waals surface area contributed by atoms with Crippen molar-refractivity contribution in [1.82, 2.24) is 0 Å². The van der Waals surface area contributed by atoms with Crippen molar-refractivity contribution >= 4 is 0 Å². The summed E-state index contributed by atoms with van der Waals surface area (Å²) >= 11 is 0. The number of methoxy groups -OCH3 is 2. The van der Waals surface area contributed by atoms with Crippen LogP contribution in [0.25, 0.3) is 0 Å². The van der Waals surface area contributed by atoms with Crippen LogP contribution in [-0.2, 0) is 10.2 Å². The summed E-state index contributed by atoms with van der Waals surface area (Å²) in [5, 5.41) is 0. The Hall–Kier alpha value is -1.02. The minimum Gasteiger partial charge on any atom is -0.497 e. The van der Waals surface area contributed by atoms with E-state index in [1.807, 2.05) is 7.11 Å². The Morgan fingerprint density at radius 3 is 2.08 bits per heavy atom. The Morgan fingerprint density at radius 1 is 0.920 bits per heavy atom. The highest BCUT2D eigenvalue weighted by atomic mass is 16.5. The molecule has 0 N–H and O–H groups in total. The predicted octanol–water partition coefficient (Wildman–Crippen LogP) is 5.98. The lowest BCUT2D eigenvalue weighted by Gasteiger charge is -2.53. The molecule has 0 radical (unpaired) electrons. The summed E-state index contributed by atoms with van der Waals surface area (Å²) in [6, 6.07) is 9.00. The molecule has 25 heavy (non-hydrogen) atoms. The van der Waals surface area contributed by atoms with E-state index >= 15 is 0 Å². The third-order valence-electron chi connectivity index (χ3n) is 6.86. The van der Waals surface area contributed by atoms with Crippen molar-refractivity contribution in [2.24, 2.45) is 17.3 Å². The molecule has 0 spiro atoms. The first kappa shape index (κ1) is 18.8. The standard InChI is InChI=1S/C23H36O2/c1-17-14-22(2,3)16-23(15-17,18-6-10-20(24-4)11-7-18)19-8-12-21(25-5)13-9-19/h6-7,10-11,17,19,21H,8-9,12-16H2,1-5H3. The largest absolute Gasteiger partial charge is 0.497 e. The van der Waals surface area contributed by atoms with Gasteiger partial charge in [0.25, 0.3) is 0 Å². The van der Waals surface area contributed by atoms with Gasteiger partial charge < -0.3 is 9.47 Å². The summed E-state index contributed by atoms with van der Waals surface area (Å²) in [5.41, 5.74) is 2.26. The van der Waals surface area contributed by atoms with E-state index in [-0.39, 0.29) is 0 Å². The molecule has 2 aliphatic rings. The van der Waals surface area contributed by atoms with Crippen LogP contribution in [-0.4, -0.2) is 20.3 Å². The first-order valence-corrected chi connectivity index (χ1v) is 10.1. The van der Waals surface area contributed by atoms with Crippen LogP contribution in [0.15, 0.2) is 24.3 Å². The van der Waals surface area contributed by atoms with E-state index in [2.05, 4.69) is 45.0 Å². The molecule has 0 amide bonds. The van der Waals surface area contributed by atoms with Crippen LogP contribution < -0.4 is 4.74 Å². The minimum absolute atomic E-state index is 0.312. The van der Waals surface area contributed by atoms with Crippen LogP contribution in [0.2, 0.25) is 0 Å². The molecule has 2 atom stereocenters. The van der Waals surface area contributed by atoms with Crippen LogP contribution in [0.3, 0.4) is 0 Å². The Labute approximate surface area is 154 Å². The molecule has 1 aromatic rings. The molecular formula is C23H36O2. The Balaban J connectivity index is 1.96. The maximum Gasteiger partial charge on any atom is 0.118 e. The second-order valence-corrected chi connectivity index (χ2v) is 9.45. The fourth-order valence-corrected chi connectivity index (χ4v) is 6.18. The second kappa shape index (κ2) is 7.31. The predicted molar refractivity (Wildman–Crippen MR) is 104 cm³/mol. The summed E-state index contributed by atoms with van der Waals surface area (Å²) in [6.45, 7) is 7.41. The quantitative estimate of drug-likeness (QED) is 0.668. The van der Waals surface area contributed by atoms with Crippen molar-refractivity contribution in [3.8, 4) is 5.75 Å². The highest BCUT2D eigenvalue weighted by Crippen LogP contribution is 2.56. The summed E-state index contributed by atoms with van der Waals surface area (Å²) < 4.78 is 11.1. The van der Waals surface area contributed by atoms with Crippen molar-refractivity contribution in [2.75, 3.05) is 14.2 Å². The van der Waals surface area contributed by atoms with E-state index < -0.39 is 0 Å². The fourth-order valence-electron chi connectivity index (χ4n) is 6.18. The van der Waals surface area contributed by atoms with Crippen LogP contribution in [0.1, 0.15) is 71.3 Å². The second-order valence-electron chi connectivity index (χ2n) is 9.45. The number of hydrogen-bond donors (Lipinski definition) is 0. The van der Waals surface area contributed by atoms with E-state index in [4.69, 9.17) is 9.47 Å². The topological polar surface area (TPSA) is 18.5 Å². The van der Waals surface area contributed by atoms with Gasteiger partial charge in [-0.05, 0) is 85.3 Å². The van der Waals surface area contributed by atoms with Gasteiger partial charge in [0.15, 0.2) is 0 Å². The number of benzene rings is 1. The van der Waals surface area contributed by atoms with Gasteiger partial charge in [0.1, 0.15) is 5.75 Å². The van der Waals surface area contributed by atoms with Gasteiger partial charge in [-0.2, -0.15) is 0 Å². The number of ether oxygens (including phenoxy) is 2. The van der Waals surface area contributed by atoms with Crippen LogP contribution in [0, 0.1) is 17.3 Å². The lowest BCUT2D eigenvalue weighted by molar-refractivity contribution is 0.00530. The first-order chi connectivity index (χ1) is 11.9. The van der Waals surface area contributed by atoms with E-state index in [0.29, 0.717) is 16.9 Å². The van der Waals surface area contributed by atoms with Crippen LogP contribution >= 0.6 is 0 Å². The van der Waals surface area contributed by atoms with Gasteiger partial charge in [-0.15, -0.1) is 0 Å². The van der Waals surface area contributed by atoms with E-state index in [1.165, 1.54) is 50.5 Å². The molecule has 2 aliphatic carbocycles. The minimum atomic E-state index is 0.312. The molecule has 140 valence electrons. The van der Waals surface area contributed by atoms with Crippen LogP contribution in [0.5, 0.6) is 5.75 Å². The zero-order chi connectivity index (χ0) is 18.1. The highest BCUT2D eigenvalue weighted by Gasteiger charge is 2.49. The Bertz CT molecular complexity index is 554. The molecule has 2 saturated carbocycles. The Morgan fingerprint density at radius 2 is 1.56 bits per heavy atom. The summed E-state index contributed by atoms with van der Waals surface area (Å²) in [7, 11) is 3.62. The van der Waals surface area contributed by atoms with Gasteiger partial charge in [-0.3, -0.25) is 0 Å². The molecule has 0 aliphatic heterocycles. The van der Waals surface area contributed by atoms with Gasteiger partial charge in [0.05, 0.1) is 13.2 Å². The molecule has 2 nitrogen and oxygen atoms in total. The third-order valence-corrected chi connectivity index (χ3v) is 6.86. The average molecular weight is 345 g/mol. The fraction of sp³-hybridized carbons (Fsp3) is 0.739. The van der Waals surface area contributed by atoms with E-state index in [1.54, 1.807) is 7.11 Å². The molecule has 1 aromatic carbocycles. The molecule has 0 saturated heterocycles. The van der Waals surface area contributed by atoms with Gasteiger partial charge in [0.2, 0.25) is 0 Å². The van der Waals surface area contributed by atoms with Crippen molar-refractivity contribution in [2.45, 2.75) is 77.2 Å². The number of hydrogen-bond acceptors (Lipinski definition) is 2. The van der Waals surface area contributed by atoms with Crippen molar-refractivity contribution in [3.05, 3.63) is 29.8 Å². The molecule has 2 unspecified atom stereocenters. The molecular weight excluding hydrogens is 308 g/mol. The lowest BCUT2D eigenvalue weighted by atomic mass is 9.51. The molecule has 2 heteroatoms. The van der Waals surface area contributed by atoms with Crippen molar-refractivity contribution < 1.29 is 9.47 Å². The van der Waals surface area contributed by atoms with Gasteiger partial charge in [-0.1, -0.05) is 32.9 Å². The maximum absolute atomic E-state index is 5.64. The van der Waals surface area contributed by atoms with Crippen molar-refractivity contribution in [3.63, 3.8) is 0 Å². The van der Waals surface area contributed by atoms with Gasteiger partial charge in [-0.25, -0.2) is 0 Å². The SMILES string of the molecule is COc1ccc(C2(C3CCC(OC)CC3)CC(C)CC(C)(C)C2)cc1. The van der Waals surface area contributed by atoms with Gasteiger partial charge in [0, 0.05) is 7.11 Å². The normalized spacial score (nSPS) is 35.3. The Kier molecular flexibility index (Phi) is 5.48. The zero-order valence-corrected chi connectivity index (χ0v) is 16.8. The average Bonchev–Trinajstić information content (AvgIpc) is 2.60. The molecule has 0 aromatic heterocycles. The molecule has 3 rings (SSSR count). The smallest absolute Gasteiger partial charge is 0.118 e. The van der Waals surface area contributed by atoms with E-state index in [9.17, 15) is 0 Å². The van der Waals surface area contributed by atoms with Crippen molar-refractivity contribution in [1.29, 1.82) is 0 Å². The van der Waals surface area contributed by atoms with E-state index in [0.717, 1.165) is 17.6 Å². The monoisotopic (exact) mass is 344 g/mol. The number of rotatable bonds is 4. The maximum atomic E-state index is 5.64. The summed E-state index contributed by atoms with van der Waals surface area (Å²) in [6.07, 6.45) is 9.48.